The summed E-state index contributed by atoms with van der Waals surface area (Å²) in [7, 11) is 0. The van der Waals surface area contributed by atoms with Crippen LogP contribution >= 0.6 is 0 Å². The summed E-state index contributed by atoms with van der Waals surface area (Å²) < 4.78 is 30.8. The highest BCUT2D eigenvalue weighted by Gasteiger charge is 2.10. The van der Waals surface area contributed by atoms with E-state index in [4.69, 9.17) is 4.74 Å². The molecular weight excluding hydrogens is 276 g/mol. The van der Waals surface area contributed by atoms with Gasteiger partial charge in [-0.2, -0.15) is 0 Å². The molecule has 2 aromatic carbocycles. The average Bonchev–Trinajstić information content (AvgIpc) is 2.49. The molecule has 2 aromatic rings. The van der Waals surface area contributed by atoms with E-state index in [9.17, 15) is 13.6 Å². The predicted molar refractivity (Wildman–Crippen MR) is 74.9 cm³/mol. The van der Waals surface area contributed by atoms with Crippen LogP contribution in [0.15, 0.2) is 48.5 Å². The summed E-state index contributed by atoms with van der Waals surface area (Å²) in [5.41, 5.74) is 0.971. The zero-order chi connectivity index (χ0) is 15.2. The molecule has 0 radical (unpaired) electrons. The molecule has 3 nitrogen and oxygen atoms in total. The Morgan fingerprint density at radius 1 is 1.14 bits per heavy atom. The molecule has 0 bridgehead atoms. The fraction of sp³-hybridized carbons (Fsp3) is 0.188. The molecule has 5 heteroatoms. The van der Waals surface area contributed by atoms with Crippen LogP contribution in [-0.2, 0) is 4.79 Å². The molecule has 0 heterocycles. The van der Waals surface area contributed by atoms with E-state index < -0.39 is 11.6 Å². The molecule has 0 unspecified atom stereocenters. The summed E-state index contributed by atoms with van der Waals surface area (Å²) in [4.78, 5) is 11.7. The molecule has 2 rings (SSSR count). The van der Waals surface area contributed by atoms with Crippen LogP contribution in [0.25, 0.3) is 0 Å². The second-order valence-corrected chi connectivity index (χ2v) is 4.56. The molecule has 0 saturated heterocycles. The number of benzene rings is 2. The third-order valence-corrected chi connectivity index (χ3v) is 2.94. The summed E-state index contributed by atoms with van der Waals surface area (Å²) in [5, 5.41) is 2.76. The summed E-state index contributed by atoms with van der Waals surface area (Å²) >= 11 is 0. The van der Waals surface area contributed by atoms with Gasteiger partial charge in [-0.25, -0.2) is 8.78 Å². The van der Waals surface area contributed by atoms with Crippen LogP contribution in [0.4, 0.5) is 8.78 Å². The lowest BCUT2D eigenvalue weighted by Gasteiger charge is -2.14. The molecule has 1 N–H and O–H groups in total. The quantitative estimate of drug-likeness (QED) is 0.918. The minimum absolute atomic E-state index is 0.108. The first kappa shape index (κ1) is 15.0. The summed E-state index contributed by atoms with van der Waals surface area (Å²) in [6, 6.07) is 12.4. The number of carbonyl (C=O) groups excluding carboxylic acids is 1. The van der Waals surface area contributed by atoms with E-state index >= 15 is 0 Å². The van der Waals surface area contributed by atoms with Gasteiger partial charge >= 0.3 is 0 Å². The first-order valence-corrected chi connectivity index (χ1v) is 6.48. The first-order valence-electron chi connectivity index (χ1n) is 6.48. The molecular formula is C16H15F2NO2. The monoisotopic (exact) mass is 291 g/mol. The van der Waals surface area contributed by atoms with Crippen molar-refractivity contribution in [3.8, 4) is 5.75 Å². The topological polar surface area (TPSA) is 38.3 Å². The Bertz CT molecular complexity index is 617. The van der Waals surface area contributed by atoms with Crippen LogP contribution in [-0.4, -0.2) is 12.5 Å². The van der Waals surface area contributed by atoms with Crippen molar-refractivity contribution < 1.29 is 18.3 Å². The summed E-state index contributed by atoms with van der Waals surface area (Å²) in [6.45, 7) is 1.59. The van der Waals surface area contributed by atoms with E-state index in [2.05, 4.69) is 5.32 Å². The maximum absolute atomic E-state index is 13.0. The highest BCUT2D eigenvalue weighted by molar-refractivity contribution is 5.78. The van der Waals surface area contributed by atoms with E-state index in [1.54, 1.807) is 0 Å². The van der Waals surface area contributed by atoms with Gasteiger partial charge in [0.2, 0.25) is 0 Å². The Hall–Kier alpha value is -2.43. The molecule has 0 aliphatic heterocycles. The third-order valence-electron chi connectivity index (χ3n) is 2.94. The maximum atomic E-state index is 13.0. The lowest BCUT2D eigenvalue weighted by atomic mass is 10.1. The molecule has 0 aliphatic rings. The minimum Gasteiger partial charge on any atom is -0.484 e. The number of ether oxygens (including phenoxy) is 1. The first-order chi connectivity index (χ1) is 10.1. The van der Waals surface area contributed by atoms with Crippen LogP contribution < -0.4 is 10.1 Å². The van der Waals surface area contributed by atoms with Gasteiger partial charge in [0.05, 0.1) is 6.04 Å². The molecule has 0 spiro atoms. The molecule has 0 aliphatic carbocycles. The second kappa shape index (κ2) is 6.83. The van der Waals surface area contributed by atoms with Crippen molar-refractivity contribution in [1.82, 2.24) is 5.32 Å². The molecule has 1 atom stereocenters. The van der Waals surface area contributed by atoms with Gasteiger partial charge < -0.3 is 10.1 Å². The highest BCUT2D eigenvalue weighted by atomic mass is 19.2. The number of rotatable bonds is 5. The molecule has 1 amide bonds. The number of halogens is 2. The van der Waals surface area contributed by atoms with Crippen LogP contribution in [0, 0.1) is 11.6 Å². The van der Waals surface area contributed by atoms with Gasteiger partial charge in [0.1, 0.15) is 5.75 Å². The van der Waals surface area contributed by atoms with Crippen molar-refractivity contribution in [3.63, 3.8) is 0 Å². The zero-order valence-corrected chi connectivity index (χ0v) is 11.5. The van der Waals surface area contributed by atoms with Crippen molar-refractivity contribution >= 4 is 5.91 Å². The normalized spacial score (nSPS) is 11.8. The molecule has 21 heavy (non-hydrogen) atoms. The van der Waals surface area contributed by atoms with Crippen molar-refractivity contribution in [1.29, 1.82) is 0 Å². The molecule has 0 saturated carbocycles. The Kier molecular flexibility index (Phi) is 4.87. The van der Waals surface area contributed by atoms with Crippen LogP contribution in [0.2, 0.25) is 0 Å². The van der Waals surface area contributed by atoms with Gasteiger partial charge in [-0.05, 0) is 24.6 Å². The van der Waals surface area contributed by atoms with Gasteiger partial charge in [-0.1, -0.05) is 30.3 Å². The van der Waals surface area contributed by atoms with E-state index in [1.165, 1.54) is 6.07 Å². The van der Waals surface area contributed by atoms with Gasteiger partial charge in [0.15, 0.2) is 18.2 Å². The zero-order valence-electron chi connectivity index (χ0n) is 11.5. The number of hydrogen-bond donors (Lipinski definition) is 1. The van der Waals surface area contributed by atoms with E-state index in [0.29, 0.717) is 0 Å². The molecule has 0 aromatic heterocycles. The lowest BCUT2D eigenvalue weighted by molar-refractivity contribution is -0.123. The number of amides is 1. The SMILES string of the molecule is C[C@@H](NC(=O)COc1ccc(F)c(F)c1)c1ccccc1. The third kappa shape index (κ3) is 4.27. The molecule has 0 fully saturated rings. The number of nitrogens with one attached hydrogen (secondary N) is 1. The predicted octanol–water partition coefficient (Wildman–Crippen LogP) is 3.22. The van der Waals surface area contributed by atoms with E-state index in [0.717, 1.165) is 17.7 Å². The van der Waals surface area contributed by atoms with Gasteiger partial charge in [0, 0.05) is 6.07 Å². The highest BCUT2D eigenvalue weighted by Crippen LogP contribution is 2.15. The molecule has 110 valence electrons. The fourth-order valence-corrected chi connectivity index (χ4v) is 1.82. The number of hydrogen-bond acceptors (Lipinski definition) is 2. The van der Waals surface area contributed by atoms with Gasteiger partial charge in [-0.3, -0.25) is 4.79 Å². The van der Waals surface area contributed by atoms with Crippen molar-refractivity contribution in [2.45, 2.75) is 13.0 Å². The largest absolute Gasteiger partial charge is 0.484 e. The van der Waals surface area contributed by atoms with Crippen molar-refractivity contribution in [2.24, 2.45) is 0 Å². The summed E-state index contributed by atoms with van der Waals surface area (Å²) in [5.74, 6) is -2.19. The van der Waals surface area contributed by atoms with Crippen molar-refractivity contribution in [3.05, 3.63) is 65.7 Å². The van der Waals surface area contributed by atoms with Crippen molar-refractivity contribution in [2.75, 3.05) is 6.61 Å². The maximum Gasteiger partial charge on any atom is 0.258 e. The Morgan fingerprint density at radius 2 is 1.86 bits per heavy atom. The fourth-order valence-electron chi connectivity index (χ4n) is 1.82. The Labute approximate surface area is 121 Å². The van der Waals surface area contributed by atoms with Gasteiger partial charge in [-0.15, -0.1) is 0 Å². The van der Waals surface area contributed by atoms with Gasteiger partial charge in [0.25, 0.3) is 5.91 Å². The standard InChI is InChI=1S/C16H15F2NO2/c1-11(12-5-3-2-4-6-12)19-16(20)10-21-13-7-8-14(17)15(18)9-13/h2-9,11H,10H2,1H3,(H,19,20)/t11-/m1/s1. The van der Waals surface area contributed by atoms with Crippen LogP contribution in [0.3, 0.4) is 0 Å². The number of carbonyl (C=O) groups is 1. The smallest absolute Gasteiger partial charge is 0.258 e. The Balaban J connectivity index is 1.86. The van der Waals surface area contributed by atoms with Crippen LogP contribution in [0.5, 0.6) is 5.75 Å². The minimum atomic E-state index is -1.01. The second-order valence-electron chi connectivity index (χ2n) is 4.56. The summed E-state index contributed by atoms with van der Waals surface area (Å²) in [6.07, 6.45) is 0. The van der Waals surface area contributed by atoms with E-state index in [-0.39, 0.29) is 24.3 Å². The Morgan fingerprint density at radius 3 is 2.52 bits per heavy atom. The lowest BCUT2D eigenvalue weighted by Crippen LogP contribution is -2.31. The van der Waals surface area contributed by atoms with Crippen LogP contribution in [0.1, 0.15) is 18.5 Å². The average molecular weight is 291 g/mol. The van der Waals surface area contributed by atoms with E-state index in [1.807, 2.05) is 37.3 Å².